The molecule has 612 valence electrons. The molecule has 8 heterocycles. The first kappa shape index (κ1) is 91.4. The van der Waals surface area contributed by atoms with Gasteiger partial charge in [-0.05, 0) is 126 Å². The zero-order valence-electron chi connectivity index (χ0n) is 57.9. The molecule has 0 bridgehead atoms. The monoisotopic (exact) mass is 1810 g/mol. The van der Waals surface area contributed by atoms with Crippen LogP contribution in [0.15, 0.2) is 72.8 Å². The van der Waals surface area contributed by atoms with Crippen LogP contribution in [-0.2, 0) is 61.7 Å². The summed E-state index contributed by atoms with van der Waals surface area (Å²) in [6.45, 7) is 2.73. The van der Waals surface area contributed by atoms with E-state index < -0.39 is 146 Å². The van der Waals surface area contributed by atoms with Gasteiger partial charge in [-0.1, -0.05) is 73.2 Å². The molecule has 8 aromatic rings. The molecule has 4 unspecified atom stereocenters. The van der Waals surface area contributed by atoms with Gasteiger partial charge in [-0.3, -0.25) is 52.8 Å². The van der Waals surface area contributed by atoms with Crippen molar-refractivity contribution in [2.24, 2.45) is 40.2 Å². The van der Waals surface area contributed by atoms with Crippen LogP contribution in [0.1, 0.15) is 104 Å². The van der Waals surface area contributed by atoms with Gasteiger partial charge < -0.3 is 37.9 Å². The number of rotatable bonds is 9. The van der Waals surface area contributed by atoms with E-state index in [9.17, 15) is 107 Å². The van der Waals surface area contributed by atoms with E-state index in [1.54, 1.807) is 20.8 Å². The van der Waals surface area contributed by atoms with Crippen molar-refractivity contribution in [3.63, 3.8) is 0 Å². The molecule has 0 aliphatic carbocycles. The summed E-state index contributed by atoms with van der Waals surface area (Å²) in [6.07, 6.45) is -23.5. The molecule has 4 atom stereocenters. The zero-order chi connectivity index (χ0) is 85.0. The highest BCUT2D eigenvalue weighted by atomic mass is 127. The molecular weight excluding hydrogens is 1760 g/mol. The van der Waals surface area contributed by atoms with E-state index in [-0.39, 0.29) is 134 Å². The number of carbonyl (C=O) groups is 6. The Morgan fingerprint density at radius 2 is 0.867 bits per heavy atom. The molecule has 22 nitrogen and oxygen atoms in total. The molecule has 4 aromatic carbocycles. The molecule has 12 rings (SSSR count). The summed E-state index contributed by atoms with van der Waals surface area (Å²) in [5.41, 5.74) is 23.5. The zero-order valence-corrected chi connectivity index (χ0v) is 63.1. The molecule has 4 aromatic heterocycles. The number of benzene rings is 4. The molecule has 0 saturated heterocycles. The smallest absolute Gasteiger partial charge is 0.423 e. The first-order valence-electron chi connectivity index (χ1n) is 32.3. The molecule has 0 spiro atoms. The Hall–Kier alpha value is -8.76. The maximum Gasteiger partial charge on any atom is 0.488 e. The van der Waals surface area contributed by atoms with E-state index >= 15 is 0 Å². The number of aldehydes is 1. The number of halogens is 24. The summed E-state index contributed by atoms with van der Waals surface area (Å²) in [4.78, 5) is 69.1. The fourth-order valence-electron chi connectivity index (χ4n) is 11.7. The van der Waals surface area contributed by atoms with Crippen molar-refractivity contribution in [1.82, 2.24) is 49.3 Å². The minimum atomic E-state index is -4.70. The largest absolute Gasteiger partial charge is 0.488 e. The molecule has 0 fully saturated rings. The van der Waals surface area contributed by atoms with Crippen molar-refractivity contribution in [1.29, 1.82) is 0 Å². The second kappa shape index (κ2) is 36.0. The number of hydrogen-bond donors (Lipinski definition) is 7. The highest BCUT2D eigenvalue weighted by molar-refractivity contribution is 14.1. The van der Waals surface area contributed by atoms with E-state index in [1.165, 1.54) is 53.2 Å². The lowest BCUT2D eigenvalue weighted by Gasteiger charge is -2.38. The molecular formula is C66H59BCl4F19IN14O8. The first-order valence-corrected chi connectivity index (χ1v) is 34.9. The Bertz CT molecular complexity index is 4760. The minimum absolute atomic E-state index is 0.00852. The Morgan fingerprint density at radius 3 is 1.21 bits per heavy atom. The molecule has 4 aliphatic heterocycles. The fraction of sp³-hybridized carbons (Fsp3) is 0.364. The number of aromatic nitrogens is 8. The Kier molecular flexibility index (Phi) is 29.1. The Labute approximate surface area is 659 Å². The van der Waals surface area contributed by atoms with Gasteiger partial charge in [0.15, 0.2) is 0 Å². The van der Waals surface area contributed by atoms with Crippen molar-refractivity contribution < 1.29 is 122 Å². The number of fused-ring (bicyclic) bond motifs is 4. The van der Waals surface area contributed by atoms with Gasteiger partial charge in [-0.15, -0.1) is 0 Å². The van der Waals surface area contributed by atoms with Crippen LogP contribution in [0.2, 0.25) is 20.1 Å². The Morgan fingerprint density at radius 1 is 0.513 bits per heavy atom. The van der Waals surface area contributed by atoms with Crippen LogP contribution in [0, 0.1) is 44.2 Å². The number of hydrogen-bond acceptors (Lipinski definition) is 13. The maximum absolute atomic E-state index is 13.8. The lowest BCUT2D eigenvalue weighted by molar-refractivity contribution is -0.199. The van der Waals surface area contributed by atoms with Crippen molar-refractivity contribution in [3.8, 4) is 33.8 Å². The minimum Gasteiger partial charge on any atom is -0.423 e. The SMILES string of the molecule is CC(C)(C)CC(=O)N1Cc2c(C(N)=O)c(-c3ccc(F)c(Cl)c3)nn2CC1C(F)(F)F.NC(=O)c1c(-c2ccc(F)c(Cl)c2)nn2c1CCC(C(F)(F)F)C2.NC(=O)c1c(-c2ccc(F)c(Cl)c2)nn2c1CNC(C(F)(F)F)C2.NC(=O)c1c(I)nn2c1CCC(C(F)(F)F)C2.O=CC(F)(F)F.OB(O)c1ccc(F)c(Cl)c1. The topological polar surface area (TPSA) is 334 Å². The first-order chi connectivity index (χ1) is 52.0. The predicted octanol–water partition coefficient (Wildman–Crippen LogP) is 12.8. The van der Waals surface area contributed by atoms with Gasteiger partial charge in [0, 0.05) is 29.7 Å². The van der Waals surface area contributed by atoms with Gasteiger partial charge in [0.2, 0.25) is 12.2 Å². The lowest BCUT2D eigenvalue weighted by atomic mass is 9.80. The third kappa shape index (κ3) is 23.1. The van der Waals surface area contributed by atoms with E-state index in [2.05, 4.69) is 25.7 Å². The number of nitrogens with zero attached hydrogens (tertiary/aromatic N) is 9. The molecule has 0 saturated carbocycles. The summed E-state index contributed by atoms with van der Waals surface area (Å²) in [6, 6.07) is 10.5. The fourth-order valence-corrected chi connectivity index (χ4v) is 13.3. The lowest BCUT2D eigenvalue weighted by Crippen LogP contribution is -2.54. The Balaban J connectivity index is 0.000000198. The number of primary amides is 4. The van der Waals surface area contributed by atoms with E-state index in [1.807, 2.05) is 22.6 Å². The number of amides is 5. The number of alkyl halides is 15. The van der Waals surface area contributed by atoms with Crippen molar-refractivity contribution in [3.05, 3.63) is 165 Å². The van der Waals surface area contributed by atoms with Gasteiger partial charge in [-0.25, -0.2) is 17.6 Å². The van der Waals surface area contributed by atoms with Crippen LogP contribution < -0.4 is 33.7 Å². The van der Waals surface area contributed by atoms with E-state index in [0.29, 0.717) is 26.2 Å². The molecule has 4 aliphatic rings. The molecule has 11 N–H and O–H groups in total. The summed E-state index contributed by atoms with van der Waals surface area (Å²) in [5, 5.41) is 35.1. The number of nitrogens with one attached hydrogen (secondary N) is 1. The van der Waals surface area contributed by atoms with Crippen LogP contribution in [0.4, 0.5) is 83.4 Å². The molecule has 47 heteroatoms. The third-order valence-electron chi connectivity index (χ3n) is 17.0. The van der Waals surface area contributed by atoms with Gasteiger partial charge in [-0.2, -0.15) is 86.3 Å². The van der Waals surface area contributed by atoms with Crippen molar-refractivity contribution in [2.45, 2.75) is 135 Å². The number of carbonyl (C=O) groups excluding carboxylic acids is 6. The number of nitrogens with two attached hydrogens (primary N) is 4. The summed E-state index contributed by atoms with van der Waals surface area (Å²) >= 11 is 24.4. The average molecular weight is 1820 g/mol. The standard InChI is InChI=1S/C20H21ClF4N4O2.C15H12ClF4N3O.C14H11ClF4N4O.C9H9F3IN3O.C6H5BClFO2.C2HF3O/c1-19(2,3)7-15(30)28-8-13-16(18(26)31)17(10-4-5-12(22)11(21)6-10)27-29(13)9-14(28)20(23,24)25;16-9-5-7(1-3-10(9)17)13-12(14(21)24)11-4-2-8(15(18,19)20)6-23(11)22-13;15-7-3-6(1-2-8(7)16)12-11(13(20)24)9-4-21-10(14(17,18)19)5-23(9)22-12;10-9(11,12)4-1-2-5-6(8(14)17)7(13)15-16(5)3-4;8-5-3-4(7(10)11)1-2-6(5)9;3-2(4,5)1-6/h4-6,14H,7-9H2,1-3H3,(H2,26,31);1,3,5,8H,2,4,6H2,(H2,21,24);1-3,10,21H,4-5H2,(H2,20,24);4H,1-3H2,(H2,14,17);1-3,10-11H;1H. The van der Waals surface area contributed by atoms with Crippen LogP contribution in [0.3, 0.4) is 0 Å². The van der Waals surface area contributed by atoms with Crippen molar-refractivity contribution >= 4 is 117 Å². The van der Waals surface area contributed by atoms with Gasteiger partial charge in [0.25, 0.3) is 23.6 Å². The highest BCUT2D eigenvalue weighted by Crippen LogP contribution is 2.42. The summed E-state index contributed by atoms with van der Waals surface area (Å²) < 4.78 is 245. The predicted molar refractivity (Wildman–Crippen MR) is 377 cm³/mol. The van der Waals surface area contributed by atoms with Crippen LogP contribution >= 0.6 is 69.0 Å². The molecule has 0 radical (unpaired) electrons. The average Bonchev–Trinajstić information content (AvgIpc) is 1.58. The normalized spacial score (nSPS) is 16.7. The van der Waals surface area contributed by atoms with E-state index in [0.717, 1.165) is 43.2 Å². The van der Waals surface area contributed by atoms with Crippen LogP contribution in [-0.4, -0.2) is 140 Å². The van der Waals surface area contributed by atoms with Crippen LogP contribution in [0.5, 0.6) is 0 Å². The van der Waals surface area contributed by atoms with Gasteiger partial charge in [0.1, 0.15) is 56.1 Å². The van der Waals surface area contributed by atoms with Crippen molar-refractivity contribution in [2.75, 3.05) is 0 Å². The van der Waals surface area contributed by atoms with Gasteiger partial charge in [0.05, 0.1) is 110 Å². The van der Waals surface area contributed by atoms with E-state index in [4.69, 9.17) is 84.2 Å². The highest BCUT2D eigenvalue weighted by Gasteiger charge is 2.51. The van der Waals surface area contributed by atoms with Gasteiger partial charge >= 0.3 is 38.0 Å². The second-order valence-corrected chi connectivity index (χ2v) is 28.9. The quantitative estimate of drug-likeness (QED) is 0.0306. The molecule has 5 amide bonds. The maximum atomic E-state index is 13.8. The summed E-state index contributed by atoms with van der Waals surface area (Å²) in [5.74, 6) is -9.40. The third-order valence-corrected chi connectivity index (χ3v) is 18.9. The second-order valence-electron chi connectivity index (χ2n) is 26.2. The summed E-state index contributed by atoms with van der Waals surface area (Å²) in [7, 11) is -1.60. The van der Waals surface area contributed by atoms with Crippen LogP contribution in [0.25, 0.3) is 33.8 Å². The molecule has 113 heavy (non-hydrogen) atoms.